The van der Waals surface area contributed by atoms with E-state index < -0.39 is 5.82 Å². The van der Waals surface area contributed by atoms with Crippen molar-refractivity contribution < 1.29 is 9.13 Å². The Hall–Kier alpha value is -1.95. The maximum atomic E-state index is 13.8. The molecule has 1 unspecified atom stereocenters. The first-order valence-electron chi connectivity index (χ1n) is 5.61. The zero-order valence-corrected chi connectivity index (χ0v) is 10.5. The summed E-state index contributed by atoms with van der Waals surface area (Å²) < 4.78 is 20.7. The number of halogens is 1. The smallest absolute Gasteiger partial charge is 0.341 e. The van der Waals surface area contributed by atoms with E-state index in [-0.39, 0.29) is 17.8 Å². The number of hydrogen-bond acceptors (Lipinski definition) is 4. The van der Waals surface area contributed by atoms with Gasteiger partial charge >= 0.3 is 6.01 Å². The van der Waals surface area contributed by atoms with Crippen molar-refractivity contribution in [3.63, 3.8) is 0 Å². The quantitative estimate of drug-likeness (QED) is 0.902. The minimum Gasteiger partial charge on any atom is -0.420 e. The van der Waals surface area contributed by atoms with Gasteiger partial charge in [-0.25, -0.2) is 4.39 Å². The molecule has 0 saturated heterocycles. The fourth-order valence-electron chi connectivity index (χ4n) is 1.59. The molecule has 5 nitrogen and oxygen atoms in total. The molecule has 0 bridgehead atoms. The molecule has 1 aromatic carbocycles. The molecular weight excluding hydrogens is 235 g/mol. The van der Waals surface area contributed by atoms with Crippen molar-refractivity contribution in [2.45, 2.75) is 13.0 Å². The van der Waals surface area contributed by atoms with Crippen molar-refractivity contribution in [1.29, 1.82) is 0 Å². The maximum Gasteiger partial charge on any atom is 0.341 e. The molecule has 1 atom stereocenters. The molecule has 0 aliphatic carbocycles. The molecule has 18 heavy (non-hydrogen) atoms. The normalized spacial score (nSPS) is 12.4. The standard InChI is InChI=1S/C12H15FN4O/c1-8(14-2)9-5-4-6-10(13)11(9)18-12-15-7-17(3)16-12/h4-8,14H,1-3H3. The average Bonchev–Trinajstić information content (AvgIpc) is 2.76. The van der Waals surface area contributed by atoms with E-state index in [2.05, 4.69) is 15.4 Å². The van der Waals surface area contributed by atoms with E-state index >= 15 is 0 Å². The Kier molecular flexibility index (Phi) is 3.57. The Morgan fingerprint density at radius 2 is 2.22 bits per heavy atom. The average molecular weight is 250 g/mol. The van der Waals surface area contributed by atoms with Gasteiger partial charge in [0, 0.05) is 18.7 Å². The lowest BCUT2D eigenvalue weighted by atomic mass is 10.1. The molecule has 1 aromatic heterocycles. The highest BCUT2D eigenvalue weighted by Gasteiger charge is 2.16. The minimum atomic E-state index is -0.429. The van der Waals surface area contributed by atoms with Crippen LogP contribution in [-0.2, 0) is 7.05 Å². The molecule has 96 valence electrons. The number of rotatable bonds is 4. The van der Waals surface area contributed by atoms with Gasteiger partial charge in [0.1, 0.15) is 6.33 Å². The molecule has 0 saturated carbocycles. The summed E-state index contributed by atoms with van der Waals surface area (Å²) in [6, 6.07) is 4.91. The second-order valence-electron chi connectivity index (χ2n) is 3.97. The highest BCUT2D eigenvalue weighted by atomic mass is 19.1. The second kappa shape index (κ2) is 5.14. The molecular formula is C12H15FN4O. The van der Waals surface area contributed by atoms with Crippen LogP contribution in [0.3, 0.4) is 0 Å². The van der Waals surface area contributed by atoms with E-state index in [9.17, 15) is 4.39 Å². The van der Waals surface area contributed by atoms with E-state index in [1.54, 1.807) is 20.2 Å². The summed E-state index contributed by atoms with van der Waals surface area (Å²) in [5.74, 6) is -0.271. The van der Waals surface area contributed by atoms with E-state index in [0.717, 1.165) is 5.56 Å². The van der Waals surface area contributed by atoms with Gasteiger partial charge in [0.2, 0.25) is 0 Å². The van der Waals surface area contributed by atoms with Crippen LogP contribution in [0.1, 0.15) is 18.5 Å². The molecule has 6 heteroatoms. The number of para-hydroxylation sites is 1. The largest absolute Gasteiger partial charge is 0.420 e. The fraction of sp³-hybridized carbons (Fsp3) is 0.333. The topological polar surface area (TPSA) is 52.0 Å². The van der Waals surface area contributed by atoms with Crippen LogP contribution in [0.5, 0.6) is 11.8 Å². The van der Waals surface area contributed by atoms with Gasteiger partial charge in [-0.1, -0.05) is 12.1 Å². The van der Waals surface area contributed by atoms with Crippen molar-refractivity contribution in [3.05, 3.63) is 35.9 Å². The first kappa shape index (κ1) is 12.5. The lowest BCUT2D eigenvalue weighted by Gasteiger charge is -2.15. The van der Waals surface area contributed by atoms with E-state index in [1.807, 2.05) is 13.0 Å². The van der Waals surface area contributed by atoms with Crippen molar-refractivity contribution in [2.75, 3.05) is 7.05 Å². The van der Waals surface area contributed by atoms with Crippen molar-refractivity contribution in [3.8, 4) is 11.8 Å². The zero-order valence-electron chi connectivity index (χ0n) is 10.5. The Balaban J connectivity index is 2.36. The van der Waals surface area contributed by atoms with Gasteiger partial charge in [-0.05, 0) is 20.0 Å². The van der Waals surface area contributed by atoms with Crippen LogP contribution < -0.4 is 10.1 Å². The molecule has 1 heterocycles. The minimum absolute atomic E-state index is 0.0283. The van der Waals surface area contributed by atoms with Gasteiger partial charge in [-0.3, -0.25) is 4.68 Å². The lowest BCUT2D eigenvalue weighted by Crippen LogP contribution is -2.13. The third kappa shape index (κ3) is 2.48. The summed E-state index contributed by atoms with van der Waals surface area (Å²) in [5, 5.41) is 7.02. The molecule has 1 N–H and O–H groups in total. The monoisotopic (exact) mass is 250 g/mol. The van der Waals surface area contributed by atoms with Gasteiger partial charge in [-0.15, -0.1) is 5.10 Å². The summed E-state index contributed by atoms with van der Waals surface area (Å²) in [6.45, 7) is 1.92. The summed E-state index contributed by atoms with van der Waals surface area (Å²) in [5.41, 5.74) is 0.727. The molecule has 0 fully saturated rings. The Morgan fingerprint density at radius 3 is 2.83 bits per heavy atom. The molecule has 0 aliphatic heterocycles. The third-order valence-electron chi connectivity index (χ3n) is 2.67. The van der Waals surface area contributed by atoms with Crippen LogP contribution in [-0.4, -0.2) is 21.8 Å². The van der Waals surface area contributed by atoms with Gasteiger partial charge in [0.05, 0.1) is 0 Å². The van der Waals surface area contributed by atoms with Crippen molar-refractivity contribution >= 4 is 0 Å². The third-order valence-corrected chi connectivity index (χ3v) is 2.67. The second-order valence-corrected chi connectivity index (χ2v) is 3.97. The van der Waals surface area contributed by atoms with Crippen LogP contribution in [0, 0.1) is 5.82 Å². The highest BCUT2D eigenvalue weighted by Crippen LogP contribution is 2.30. The molecule has 2 rings (SSSR count). The number of nitrogens with zero attached hydrogens (tertiary/aromatic N) is 3. The first-order valence-corrected chi connectivity index (χ1v) is 5.61. The Morgan fingerprint density at radius 1 is 1.44 bits per heavy atom. The van der Waals surface area contributed by atoms with Crippen molar-refractivity contribution in [2.24, 2.45) is 7.05 Å². The summed E-state index contributed by atoms with van der Waals surface area (Å²) in [4.78, 5) is 3.92. The van der Waals surface area contributed by atoms with Gasteiger partial charge < -0.3 is 10.1 Å². The fourth-order valence-corrected chi connectivity index (χ4v) is 1.59. The predicted molar refractivity (Wildman–Crippen MR) is 65.0 cm³/mol. The molecule has 0 spiro atoms. The van der Waals surface area contributed by atoms with Crippen LogP contribution in [0.4, 0.5) is 4.39 Å². The lowest BCUT2D eigenvalue weighted by molar-refractivity contribution is 0.398. The molecule has 0 aliphatic rings. The van der Waals surface area contributed by atoms with Crippen LogP contribution >= 0.6 is 0 Å². The van der Waals surface area contributed by atoms with Gasteiger partial charge in [0.15, 0.2) is 11.6 Å². The van der Waals surface area contributed by atoms with Gasteiger partial charge in [-0.2, -0.15) is 4.98 Å². The van der Waals surface area contributed by atoms with E-state index in [1.165, 1.54) is 17.1 Å². The van der Waals surface area contributed by atoms with Crippen LogP contribution in [0.2, 0.25) is 0 Å². The van der Waals surface area contributed by atoms with Crippen LogP contribution in [0.15, 0.2) is 24.5 Å². The zero-order chi connectivity index (χ0) is 13.1. The molecule has 0 radical (unpaired) electrons. The Labute approximate surface area is 105 Å². The SMILES string of the molecule is CNC(C)c1cccc(F)c1Oc1ncn(C)n1. The number of ether oxygens (including phenoxy) is 1. The van der Waals surface area contributed by atoms with Gasteiger partial charge in [0.25, 0.3) is 0 Å². The van der Waals surface area contributed by atoms with E-state index in [0.29, 0.717) is 0 Å². The van der Waals surface area contributed by atoms with Crippen molar-refractivity contribution in [1.82, 2.24) is 20.1 Å². The summed E-state index contributed by atoms with van der Waals surface area (Å²) in [6.07, 6.45) is 1.50. The maximum absolute atomic E-state index is 13.8. The first-order chi connectivity index (χ1) is 8.61. The van der Waals surface area contributed by atoms with Crippen LogP contribution in [0.25, 0.3) is 0 Å². The number of hydrogen-bond donors (Lipinski definition) is 1. The number of benzene rings is 1. The summed E-state index contributed by atoms with van der Waals surface area (Å²) in [7, 11) is 3.52. The predicted octanol–water partition coefficient (Wildman–Crippen LogP) is 2.03. The summed E-state index contributed by atoms with van der Waals surface area (Å²) >= 11 is 0. The number of nitrogens with one attached hydrogen (secondary N) is 1. The Bertz CT molecular complexity index is 541. The molecule has 2 aromatic rings. The number of aromatic nitrogens is 3. The molecule has 0 amide bonds. The highest BCUT2D eigenvalue weighted by molar-refractivity contribution is 5.38. The number of aryl methyl sites for hydroxylation is 1. The van der Waals surface area contributed by atoms with E-state index in [4.69, 9.17) is 4.74 Å².